The van der Waals surface area contributed by atoms with E-state index in [0.29, 0.717) is 5.56 Å². The van der Waals surface area contributed by atoms with E-state index in [1.54, 1.807) is 12.1 Å². The molecule has 3 aromatic carbocycles. The number of rotatable bonds is 2. The molecule has 0 radical (unpaired) electrons. The van der Waals surface area contributed by atoms with E-state index >= 15 is 0 Å². The van der Waals surface area contributed by atoms with Gasteiger partial charge in [-0.3, -0.25) is 0 Å². The Morgan fingerprint density at radius 1 is 0.952 bits per heavy atom. The molecule has 3 heteroatoms. The van der Waals surface area contributed by atoms with Crippen molar-refractivity contribution in [1.82, 2.24) is 0 Å². The molecule has 0 N–H and O–H groups in total. The average molecular weight is 282 g/mol. The minimum Gasteiger partial charge on any atom is -0.466 e. The molecule has 0 aliphatic carbocycles. The maximum atomic E-state index is 14.9. The molecule has 21 heavy (non-hydrogen) atoms. The number of alkyl halides is 1. The van der Waals surface area contributed by atoms with Gasteiger partial charge >= 0.3 is 5.97 Å². The second-order valence-electron chi connectivity index (χ2n) is 5.18. The van der Waals surface area contributed by atoms with Gasteiger partial charge in [0.1, 0.15) is 0 Å². The molecule has 3 aromatic rings. The van der Waals surface area contributed by atoms with Gasteiger partial charge < -0.3 is 4.74 Å². The molecule has 0 spiro atoms. The van der Waals surface area contributed by atoms with Crippen LogP contribution < -0.4 is 0 Å². The van der Waals surface area contributed by atoms with Crippen LogP contribution >= 0.6 is 0 Å². The van der Waals surface area contributed by atoms with E-state index in [4.69, 9.17) is 0 Å². The second-order valence-corrected chi connectivity index (χ2v) is 5.18. The number of hydrogen-bond donors (Lipinski definition) is 0. The van der Waals surface area contributed by atoms with E-state index in [1.165, 1.54) is 14.0 Å². The predicted molar refractivity (Wildman–Crippen MR) is 81.9 cm³/mol. The molecule has 0 saturated carbocycles. The average Bonchev–Trinajstić information content (AvgIpc) is 2.53. The van der Waals surface area contributed by atoms with Crippen molar-refractivity contribution in [3.63, 3.8) is 0 Å². The number of fused-ring (bicyclic) bond motifs is 3. The molecule has 1 atom stereocenters. The van der Waals surface area contributed by atoms with Crippen LogP contribution in [0.4, 0.5) is 4.39 Å². The monoisotopic (exact) mass is 282 g/mol. The highest BCUT2D eigenvalue weighted by Gasteiger charge is 2.37. The molecule has 2 nitrogen and oxygen atoms in total. The summed E-state index contributed by atoms with van der Waals surface area (Å²) in [4.78, 5) is 11.7. The summed E-state index contributed by atoms with van der Waals surface area (Å²) in [5.41, 5.74) is -1.84. The SMILES string of the molecule is COC(=O)[C@](C)(F)c1cccc2c1ccc1ccccc12. The van der Waals surface area contributed by atoms with Gasteiger partial charge in [0.05, 0.1) is 7.11 Å². The van der Waals surface area contributed by atoms with Gasteiger partial charge in [-0.1, -0.05) is 54.6 Å². The number of carbonyl (C=O) groups excluding carboxylic acids is 1. The van der Waals surface area contributed by atoms with E-state index in [0.717, 1.165) is 21.5 Å². The van der Waals surface area contributed by atoms with Gasteiger partial charge in [-0.25, -0.2) is 9.18 Å². The lowest BCUT2D eigenvalue weighted by atomic mass is 9.90. The van der Waals surface area contributed by atoms with Gasteiger partial charge in [0.2, 0.25) is 5.67 Å². The number of esters is 1. The fourth-order valence-corrected chi connectivity index (χ4v) is 2.75. The molecule has 0 unspecified atom stereocenters. The van der Waals surface area contributed by atoms with Crippen molar-refractivity contribution < 1.29 is 13.9 Å². The molecule has 0 bridgehead atoms. The zero-order valence-corrected chi connectivity index (χ0v) is 11.9. The van der Waals surface area contributed by atoms with Crippen molar-refractivity contribution in [1.29, 1.82) is 0 Å². The number of hydrogen-bond acceptors (Lipinski definition) is 2. The van der Waals surface area contributed by atoms with E-state index in [-0.39, 0.29) is 0 Å². The summed E-state index contributed by atoms with van der Waals surface area (Å²) in [6.45, 7) is 1.24. The van der Waals surface area contributed by atoms with Gasteiger partial charge in [0.25, 0.3) is 0 Å². The highest BCUT2D eigenvalue weighted by atomic mass is 19.1. The molecule has 0 aromatic heterocycles. The zero-order chi connectivity index (χ0) is 15.0. The van der Waals surface area contributed by atoms with Crippen molar-refractivity contribution in [2.45, 2.75) is 12.6 Å². The largest absolute Gasteiger partial charge is 0.466 e. The Morgan fingerprint density at radius 3 is 2.43 bits per heavy atom. The summed E-state index contributed by atoms with van der Waals surface area (Å²) in [6, 6.07) is 17.1. The lowest BCUT2D eigenvalue weighted by Crippen LogP contribution is -2.28. The van der Waals surface area contributed by atoms with Crippen molar-refractivity contribution in [3.8, 4) is 0 Å². The Labute approximate surface area is 122 Å². The molecule has 0 aliphatic heterocycles. The Kier molecular flexibility index (Phi) is 3.13. The van der Waals surface area contributed by atoms with E-state index in [1.807, 2.05) is 42.5 Å². The lowest BCUT2D eigenvalue weighted by Gasteiger charge is -2.20. The van der Waals surface area contributed by atoms with Gasteiger partial charge in [-0.15, -0.1) is 0 Å². The summed E-state index contributed by atoms with van der Waals surface area (Å²) < 4.78 is 19.5. The van der Waals surface area contributed by atoms with Crippen LogP contribution in [-0.2, 0) is 15.2 Å². The molecule has 0 fully saturated rings. The van der Waals surface area contributed by atoms with Crippen molar-refractivity contribution >= 4 is 27.5 Å². The van der Waals surface area contributed by atoms with Gasteiger partial charge in [0, 0.05) is 5.56 Å². The number of halogens is 1. The first-order chi connectivity index (χ1) is 10.1. The minimum absolute atomic E-state index is 0.331. The summed E-state index contributed by atoms with van der Waals surface area (Å²) >= 11 is 0. The van der Waals surface area contributed by atoms with Crippen LogP contribution in [0.5, 0.6) is 0 Å². The van der Waals surface area contributed by atoms with Crippen molar-refractivity contribution in [2.75, 3.05) is 7.11 Å². The first kappa shape index (κ1) is 13.6. The first-order valence-electron chi connectivity index (χ1n) is 6.74. The molecular weight excluding hydrogens is 267 g/mol. The zero-order valence-electron chi connectivity index (χ0n) is 11.9. The molecule has 0 saturated heterocycles. The quantitative estimate of drug-likeness (QED) is 0.516. The first-order valence-corrected chi connectivity index (χ1v) is 6.74. The fraction of sp³-hybridized carbons (Fsp3) is 0.167. The summed E-state index contributed by atoms with van der Waals surface area (Å²) in [6.07, 6.45) is 0. The van der Waals surface area contributed by atoms with Gasteiger partial charge in [0.15, 0.2) is 0 Å². The molecule has 0 amide bonds. The Hall–Kier alpha value is -2.42. The maximum Gasteiger partial charge on any atom is 0.348 e. The molecular formula is C18H15FO2. The highest BCUT2D eigenvalue weighted by Crippen LogP contribution is 2.35. The van der Waals surface area contributed by atoms with Crippen LogP contribution in [0.15, 0.2) is 54.6 Å². The summed E-state index contributed by atoms with van der Waals surface area (Å²) in [5.74, 6) is -0.886. The molecule has 106 valence electrons. The second kappa shape index (κ2) is 4.85. The number of benzene rings is 3. The van der Waals surface area contributed by atoms with Crippen LogP contribution in [-0.4, -0.2) is 13.1 Å². The van der Waals surface area contributed by atoms with Crippen LogP contribution in [0, 0.1) is 0 Å². The molecule has 0 heterocycles. The third-order valence-electron chi connectivity index (χ3n) is 3.86. The third-order valence-corrected chi connectivity index (χ3v) is 3.86. The van der Waals surface area contributed by atoms with Crippen LogP contribution in [0.1, 0.15) is 12.5 Å². The van der Waals surface area contributed by atoms with E-state index in [9.17, 15) is 9.18 Å². The van der Waals surface area contributed by atoms with Crippen LogP contribution in [0.2, 0.25) is 0 Å². The third kappa shape index (κ3) is 2.05. The summed E-state index contributed by atoms with van der Waals surface area (Å²) in [7, 11) is 1.20. The van der Waals surface area contributed by atoms with Gasteiger partial charge in [-0.05, 0) is 28.5 Å². The smallest absolute Gasteiger partial charge is 0.348 e. The van der Waals surface area contributed by atoms with Crippen molar-refractivity contribution in [3.05, 3.63) is 60.2 Å². The standard InChI is InChI=1S/C18H15FO2/c1-18(19,17(20)21-2)16-9-5-8-14-13-7-4-3-6-12(13)10-11-15(14)16/h3-11H,1-2H3/t18-/m1/s1. The highest BCUT2D eigenvalue weighted by molar-refractivity contribution is 6.09. The topological polar surface area (TPSA) is 26.3 Å². The predicted octanol–water partition coefficient (Wildman–Crippen LogP) is 4.35. The summed E-state index contributed by atoms with van der Waals surface area (Å²) in [5, 5.41) is 3.78. The Bertz CT molecular complexity index is 837. The minimum atomic E-state index is -2.17. The van der Waals surface area contributed by atoms with Crippen LogP contribution in [0.25, 0.3) is 21.5 Å². The maximum absolute atomic E-state index is 14.9. The van der Waals surface area contributed by atoms with Gasteiger partial charge in [-0.2, -0.15) is 0 Å². The van der Waals surface area contributed by atoms with Crippen molar-refractivity contribution in [2.24, 2.45) is 0 Å². The fourth-order valence-electron chi connectivity index (χ4n) is 2.75. The van der Waals surface area contributed by atoms with Crippen LogP contribution in [0.3, 0.4) is 0 Å². The Balaban J connectivity index is 2.36. The number of carbonyl (C=O) groups is 1. The normalized spacial score (nSPS) is 14.0. The molecule has 3 rings (SSSR count). The Morgan fingerprint density at radius 2 is 1.67 bits per heavy atom. The number of methoxy groups -OCH3 is 1. The van der Waals surface area contributed by atoms with E-state index in [2.05, 4.69) is 4.74 Å². The lowest BCUT2D eigenvalue weighted by molar-refractivity contribution is -0.154. The van der Waals surface area contributed by atoms with E-state index < -0.39 is 11.6 Å². The molecule has 0 aliphatic rings. The number of ether oxygens (including phenoxy) is 1.